The quantitative estimate of drug-likeness (QED) is 0.772. The minimum atomic E-state index is -0.231. The van der Waals surface area contributed by atoms with Crippen LogP contribution < -0.4 is 0 Å². The van der Waals surface area contributed by atoms with E-state index in [1.165, 1.54) is 0 Å². The van der Waals surface area contributed by atoms with Crippen molar-refractivity contribution in [2.24, 2.45) is 0 Å². The lowest BCUT2D eigenvalue weighted by Gasteiger charge is -2.07. The normalized spacial score (nSPS) is 12.6. The van der Waals surface area contributed by atoms with Gasteiger partial charge in [-0.25, -0.2) is 0 Å². The summed E-state index contributed by atoms with van der Waals surface area (Å²) in [5.41, 5.74) is 0. The zero-order valence-electron chi connectivity index (χ0n) is 7.77. The lowest BCUT2D eigenvalue weighted by atomic mass is 10.0. The van der Waals surface area contributed by atoms with Crippen molar-refractivity contribution in [3.05, 3.63) is 46.5 Å². The monoisotopic (exact) mass is 206 g/mol. The number of rotatable bonds is 3. The number of hydrogen-bond donors (Lipinski definition) is 0. The van der Waals surface area contributed by atoms with Gasteiger partial charge < -0.3 is 4.42 Å². The van der Waals surface area contributed by atoms with Crippen LogP contribution in [0, 0.1) is 0 Å². The third-order valence-electron chi connectivity index (χ3n) is 2.06. The summed E-state index contributed by atoms with van der Waals surface area (Å²) >= 11 is 1.58. The van der Waals surface area contributed by atoms with Gasteiger partial charge in [-0.3, -0.25) is 4.79 Å². The second-order valence-corrected chi connectivity index (χ2v) is 4.05. The fourth-order valence-electron chi connectivity index (χ4n) is 1.45. The number of hydrogen-bond acceptors (Lipinski definition) is 3. The molecule has 0 bridgehead atoms. The topological polar surface area (TPSA) is 30.2 Å². The molecule has 0 fully saturated rings. The SMILES string of the molecule is CC(=O)C(c1ccco1)c1cccs1. The maximum atomic E-state index is 11.5. The molecule has 0 saturated heterocycles. The first-order chi connectivity index (χ1) is 6.79. The molecule has 72 valence electrons. The molecular formula is C11H10O2S. The van der Waals surface area contributed by atoms with Gasteiger partial charge in [0.15, 0.2) is 0 Å². The Labute approximate surface area is 86.2 Å². The predicted molar refractivity (Wildman–Crippen MR) is 55.6 cm³/mol. The number of thiophene rings is 1. The van der Waals surface area contributed by atoms with Crippen LogP contribution in [0.2, 0.25) is 0 Å². The molecule has 0 aliphatic heterocycles. The first kappa shape index (κ1) is 9.21. The Morgan fingerprint density at radius 1 is 1.43 bits per heavy atom. The zero-order chi connectivity index (χ0) is 9.97. The van der Waals surface area contributed by atoms with Gasteiger partial charge in [0, 0.05) is 4.88 Å². The molecule has 0 saturated carbocycles. The van der Waals surface area contributed by atoms with Crippen molar-refractivity contribution >= 4 is 17.1 Å². The largest absolute Gasteiger partial charge is 0.468 e. The van der Waals surface area contributed by atoms with E-state index in [2.05, 4.69) is 0 Å². The van der Waals surface area contributed by atoms with Crippen LogP contribution in [-0.2, 0) is 4.79 Å². The summed E-state index contributed by atoms with van der Waals surface area (Å²) in [5, 5.41) is 1.97. The predicted octanol–water partition coefficient (Wildman–Crippen LogP) is 3.06. The van der Waals surface area contributed by atoms with E-state index in [1.54, 1.807) is 30.6 Å². The molecule has 2 rings (SSSR count). The second-order valence-electron chi connectivity index (χ2n) is 3.07. The van der Waals surface area contributed by atoms with Crippen LogP contribution in [0.3, 0.4) is 0 Å². The molecule has 14 heavy (non-hydrogen) atoms. The van der Waals surface area contributed by atoms with Crippen molar-refractivity contribution in [2.45, 2.75) is 12.8 Å². The number of ketones is 1. The molecule has 0 aliphatic rings. The molecular weight excluding hydrogens is 196 g/mol. The Balaban J connectivity index is 2.40. The summed E-state index contributed by atoms with van der Waals surface area (Å²) in [6.45, 7) is 1.59. The molecule has 0 spiro atoms. The average molecular weight is 206 g/mol. The van der Waals surface area contributed by atoms with Crippen molar-refractivity contribution in [2.75, 3.05) is 0 Å². The highest BCUT2D eigenvalue weighted by Gasteiger charge is 2.22. The smallest absolute Gasteiger partial charge is 0.145 e. The van der Waals surface area contributed by atoms with E-state index >= 15 is 0 Å². The summed E-state index contributed by atoms with van der Waals surface area (Å²) in [4.78, 5) is 12.5. The molecule has 0 radical (unpaired) electrons. The van der Waals surface area contributed by atoms with Gasteiger partial charge in [0.2, 0.25) is 0 Å². The Bertz CT molecular complexity index is 366. The van der Waals surface area contributed by atoms with Crippen molar-refractivity contribution in [1.29, 1.82) is 0 Å². The molecule has 2 heterocycles. The molecule has 2 aromatic rings. The lowest BCUT2D eigenvalue weighted by molar-refractivity contribution is -0.117. The third-order valence-corrected chi connectivity index (χ3v) is 3.00. The van der Waals surface area contributed by atoms with Crippen molar-refractivity contribution in [3.8, 4) is 0 Å². The number of carbonyl (C=O) groups is 1. The highest BCUT2D eigenvalue weighted by Crippen LogP contribution is 2.29. The zero-order valence-corrected chi connectivity index (χ0v) is 8.58. The maximum Gasteiger partial charge on any atom is 0.145 e. The van der Waals surface area contributed by atoms with Crippen LogP contribution in [0.15, 0.2) is 40.3 Å². The summed E-state index contributed by atoms with van der Waals surface area (Å²) in [6.07, 6.45) is 1.60. The van der Waals surface area contributed by atoms with E-state index in [0.29, 0.717) is 0 Å². The van der Waals surface area contributed by atoms with E-state index < -0.39 is 0 Å². The van der Waals surface area contributed by atoms with Crippen LogP contribution in [0.1, 0.15) is 23.5 Å². The first-order valence-electron chi connectivity index (χ1n) is 4.36. The average Bonchev–Trinajstić information content (AvgIpc) is 2.75. The highest BCUT2D eigenvalue weighted by atomic mass is 32.1. The van der Waals surface area contributed by atoms with Crippen LogP contribution in [-0.4, -0.2) is 5.78 Å². The summed E-state index contributed by atoms with van der Waals surface area (Å²) in [5.74, 6) is 0.604. The third kappa shape index (κ3) is 1.63. The molecule has 0 amide bonds. The van der Waals surface area contributed by atoms with E-state index in [1.807, 2.05) is 23.6 Å². The number of carbonyl (C=O) groups excluding carboxylic acids is 1. The van der Waals surface area contributed by atoms with Gasteiger partial charge in [-0.2, -0.15) is 0 Å². The van der Waals surface area contributed by atoms with Gasteiger partial charge in [-0.05, 0) is 30.5 Å². The standard InChI is InChI=1S/C11H10O2S/c1-8(12)11(9-4-2-6-13-9)10-5-3-7-14-10/h2-7,11H,1H3. The minimum Gasteiger partial charge on any atom is -0.468 e. The minimum absolute atomic E-state index is 0.113. The fourth-order valence-corrected chi connectivity index (χ4v) is 2.34. The number of Topliss-reactive ketones (excluding diaryl/α,β-unsaturated/α-hetero) is 1. The van der Waals surface area contributed by atoms with Gasteiger partial charge in [0.05, 0.1) is 6.26 Å². The molecule has 0 aliphatic carbocycles. The molecule has 0 N–H and O–H groups in total. The van der Waals surface area contributed by atoms with E-state index in [4.69, 9.17) is 4.42 Å². The van der Waals surface area contributed by atoms with Gasteiger partial charge in [-0.15, -0.1) is 11.3 Å². The molecule has 1 atom stereocenters. The van der Waals surface area contributed by atoms with Crippen molar-refractivity contribution in [1.82, 2.24) is 0 Å². The van der Waals surface area contributed by atoms with E-state index in [9.17, 15) is 4.79 Å². The summed E-state index contributed by atoms with van der Waals surface area (Å²) in [6, 6.07) is 7.54. The van der Waals surface area contributed by atoms with Gasteiger partial charge in [0.25, 0.3) is 0 Å². The lowest BCUT2D eigenvalue weighted by Crippen LogP contribution is -2.07. The van der Waals surface area contributed by atoms with Crippen LogP contribution in [0.4, 0.5) is 0 Å². The van der Waals surface area contributed by atoms with Crippen LogP contribution in [0.5, 0.6) is 0 Å². The van der Waals surface area contributed by atoms with Gasteiger partial charge in [0.1, 0.15) is 17.5 Å². The Morgan fingerprint density at radius 2 is 2.29 bits per heavy atom. The first-order valence-corrected chi connectivity index (χ1v) is 5.24. The maximum absolute atomic E-state index is 11.5. The van der Waals surface area contributed by atoms with Crippen LogP contribution >= 0.6 is 11.3 Å². The van der Waals surface area contributed by atoms with Crippen molar-refractivity contribution in [3.63, 3.8) is 0 Å². The van der Waals surface area contributed by atoms with Crippen molar-refractivity contribution < 1.29 is 9.21 Å². The van der Waals surface area contributed by atoms with Crippen LogP contribution in [0.25, 0.3) is 0 Å². The summed E-state index contributed by atoms with van der Waals surface area (Å²) < 4.78 is 5.27. The number of furan rings is 1. The Hall–Kier alpha value is -1.35. The summed E-state index contributed by atoms with van der Waals surface area (Å²) in [7, 11) is 0. The Morgan fingerprint density at radius 3 is 2.79 bits per heavy atom. The molecule has 0 aromatic carbocycles. The second kappa shape index (κ2) is 3.80. The molecule has 3 heteroatoms. The Kier molecular flexibility index (Phi) is 2.50. The fraction of sp³-hybridized carbons (Fsp3) is 0.182. The van der Waals surface area contributed by atoms with Gasteiger partial charge in [-0.1, -0.05) is 6.07 Å². The highest BCUT2D eigenvalue weighted by molar-refractivity contribution is 7.10. The van der Waals surface area contributed by atoms with Gasteiger partial charge >= 0.3 is 0 Å². The van der Waals surface area contributed by atoms with E-state index in [0.717, 1.165) is 10.6 Å². The molecule has 2 nitrogen and oxygen atoms in total. The van der Waals surface area contributed by atoms with E-state index in [-0.39, 0.29) is 11.7 Å². The molecule has 2 aromatic heterocycles. The molecule has 1 unspecified atom stereocenters.